The highest BCUT2D eigenvalue weighted by Gasteiger charge is 2.32. The Balaban J connectivity index is 2.94. The van der Waals surface area contributed by atoms with Crippen molar-refractivity contribution in [2.45, 2.75) is 26.1 Å². The molecule has 16 heavy (non-hydrogen) atoms. The van der Waals surface area contributed by atoms with E-state index in [4.69, 9.17) is 0 Å². The lowest BCUT2D eigenvalue weighted by Gasteiger charge is -2.29. The van der Waals surface area contributed by atoms with Gasteiger partial charge < -0.3 is 4.90 Å². The van der Waals surface area contributed by atoms with Crippen molar-refractivity contribution in [3.05, 3.63) is 24.3 Å². The second-order valence-corrected chi connectivity index (χ2v) is 3.67. The first-order valence-corrected chi connectivity index (χ1v) is 4.74. The number of aromatic nitrogens is 1. The van der Waals surface area contributed by atoms with Gasteiger partial charge >= 0.3 is 6.18 Å². The molecule has 0 unspecified atom stereocenters. The maximum Gasteiger partial charge on any atom is 0.405 e. The minimum Gasteiger partial charge on any atom is -0.360 e. The first kappa shape index (κ1) is 12.7. The Morgan fingerprint density at radius 3 is 2.44 bits per heavy atom. The summed E-state index contributed by atoms with van der Waals surface area (Å²) in [5, 5.41) is 0. The zero-order valence-electron chi connectivity index (χ0n) is 8.92. The van der Waals surface area contributed by atoms with Crippen LogP contribution in [0.1, 0.15) is 13.8 Å². The van der Waals surface area contributed by atoms with Crippen LogP contribution in [0.4, 0.5) is 23.2 Å². The Morgan fingerprint density at radius 1 is 1.38 bits per heavy atom. The molecule has 2 nitrogen and oxygen atoms in total. The van der Waals surface area contributed by atoms with Crippen LogP contribution >= 0.6 is 0 Å². The first-order valence-electron chi connectivity index (χ1n) is 4.74. The van der Waals surface area contributed by atoms with Gasteiger partial charge in [0.15, 0.2) is 0 Å². The van der Waals surface area contributed by atoms with Crippen LogP contribution in [0.2, 0.25) is 0 Å². The van der Waals surface area contributed by atoms with E-state index < -0.39 is 18.7 Å². The van der Waals surface area contributed by atoms with Gasteiger partial charge in [-0.1, -0.05) is 0 Å². The van der Waals surface area contributed by atoms with Crippen LogP contribution in [0.15, 0.2) is 18.3 Å². The van der Waals surface area contributed by atoms with Gasteiger partial charge in [0.2, 0.25) is 5.95 Å². The lowest BCUT2D eigenvalue weighted by atomic mass is 10.2. The molecule has 0 radical (unpaired) electrons. The molecule has 0 aromatic carbocycles. The molecule has 0 aliphatic rings. The molecule has 0 aliphatic carbocycles. The van der Waals surface area contributed by atoms with Crippen molar-refractivity contribution in [1.82, 2.24) is 4.98 Å². The summed E-state index contributed by atoms with van der Waals surface area (Å²) in [5.41, 5.74) is 0.180. The quantitative estimate of drug-likeness (QED) is 0.592. The Hall–Kier alpha value is -1.33. The summed E-state index contributed by atoms with van der Waals surface area (Å²) in [7, 11) is 0. The van der Waals surface area contributed by atoms with Gasteiger partial charge in [-0.05, 0) is 19.9 Å². The standard InChI is InChI=1S/C10H12F4N2/c1-7(2)16(6-10(12,13)14)8-3-4-15-9(11)5-8/h3-5,7H,6H2,1-2H3. The Kier molecular flexibility index (Phi) is 3.72. The van der Waals surface area contributed by atoms with Crippen molar-refractivity contribution in [3.63, 3.8) is 0 Å². The minimum absolute atomic E-state index is 0.180. The van der Waals surface area contributed by atoms with Crippen molar-refractivity contribution in [2.75, 3.05) is 11.4 Å². The predicted octanol–water partition coefficient (Wildman–Crippen LogP) is 3.00. The highest BCUT2D eigenvalue weighted by Crippen LogP contribution is 2.23. The molecule has 0 N–H and O–H groups in total. The number of alkyl halides is 3. The van der Waals surface area contributed by atoms with Crippen molar-refractivity contribution < 1.29 is 17.6 Å². The van der Waals surface area contributed by atoms with Crippen LogP contribution in [-0.4, -0.2) is 23.7 Å². The Morgan fingerprint density at radius 2 is 2.00 bits per heavy atom. The monoisotopic (exact) mass is 236 g/mol. The van der Waals surface area contributed by atoms with Crippen LogP contribution in [0.3, 0.4) is 0 Å². The zero-order valence-corrected chi connectivity index (χ0v) is 8.92. The predicted molar refractivity (Wildman–Crippen MR) is 52.7 cm³/mol. The van der Waals surface area contributed by atoms with Gasteiger partial charge in [0.1, 0.15) is 6.54 Å². The lowest BCUT2D eigenvalue weighted by Crippen LogP contribution is -2.39. The maximum absolute atomic E-state index is 12.8. The average molecular weight is 236 g/mol. The summed E-state index contributed by atoms with van der Waals surface area (Å²) in [6, 6.07) is 1.98. The van der Waals surface area contributed by atoms with Crippen LogP contribution in [-0.2, 0) is 0 Å². The summed E-state index contributed by atoms with van der Waals surface area (Å²) in [6.45, 7) is 2.13. The molecule has 0 aliphatic heterocycles. The fourth-order valence-corrected chi connectivity index (χ4v) is 1.34. The van der Waals surface area contributed by atoms with Gasteiger partial charge in [-0.2, -0.15) is 17.6 Å². The van der Waals surface area contributed by atoms with E-state index >= 15 is 0 Å². The van der Waals surface area contributed by atoms with Gasteiger partial charge in [-0.25, -0.2) is 4.98 Å². The smallest absolute Gasteiger partial charge is 0.360 e. The zero-order chi connectivity index (χ0) is 12.3. The molecule has 1 rings (SSSR count). The SMILES string of the molecule is CC(C)N(CC(F)(F)F)c1ccnc(F)c1. The average Bonchev–Trinajstić information content (AvgIpc) is 2.12. The van der Waals surface area contributed by atoms with Crippen molar-refractivity contribution >= 4 is 5.69 Å². The van der Waals surface area contributed by atoms with Crippen LogP contribution in [0, 0.1) is 5.95 Å². The number of anilines is 1. The van der Waals surface area contributed by atoms with E-state index in [-0.39, 0.29) is 11.7 Å². The third-order valence-electron chi connectivity index (χ3n) is 2.01. The van der Waals surface area contributed by atoms with Crippen molar-refractivity contribution in [3.8, 4) is 0 Å². The summed E-state index contributed by atoms with van der Waals surface area (Å²) in [6.07, 6.45) is -3.17. The van der Waals surface area contributed by atoms with Gasteiger partial charge in [0.25, 0.3) is 0 Å². The van der Waals surface area contributed by atoms with E-state index in [1.54, 1.807) is 13.8 Å². The number of pyridine rings is 1. The second kappa shape index (κ2) is 4.67. The number of hydrogen-bond donors (Lipinski definition) is 0. The summed E-state index contributed by atoms with van der Waals surface area (Å²) in [4.78, 5) is 4.38. The van der Waals surface area contributed by atoms with Crippen LogP contribution in [0.25, 0.3) is 0 Å². The van der Waals surface area contributed by atoms with Crippen molar-refractivity contribution in [2.24, 2.45) is 0 Å². The van der Waals surface area contributed by atoms with Crippen LogP contribution in [0.5, 0.6) is 0 Å². The molecule has 0 spiro atoms. The van der Waals surface area contributed by atoms with Gasteiger partial charge in [-0.15, -0.1) is 0 Å². The Bertz CT molecular complexity index is 349. The highest BCUT2D eigenvalue weighted by atomic mass is 19.4. The van der Waals surface area contributed by atoms with E-state index in [2.05, 4.69) is 4.98 Å². The molecule has 0 fully saturated rings. The fraction of sp³-hybridized carbons (Fsp3) is 0.500. The summed E-state index contributed by atoms with van der Waals surface area (Å²) in [5.74, 6) is -0.787. The van der Waals surface area contributed by atoms with E-state index in [9.17, 15) is 17.6 Å². The minimum atomic E-state index is -4.32. The maximum atomic E-state index is 12.8. The van der Waals surface area contributed by atoms with E-state index in [1.165, 1.54) is 6.07 Å². The molecule has 1 heterocycles. The van der Waals surface area contributed by atoms with E-state index in [0.29, 0.717) is 0 Å². The third-order valence-corrected chi connectivity index (χ3v) is 2.01. The molecular weight excluding hydrogens is 224 g/mol. The molecule has 0 amide bonds. The normalized spacial score (nSPS) is 11.9. The molecule has 0 bridgehead atoms. The largest absolute Gasteiger partial charge is 0.405 e. The van der Waals surface area contributed by atoms with Gasteiger partial charge in [0.05, 0.1) is 0 Å². The molecule has 0 atom stereocenters. The number of halogens is 4. The number of nitrogens with zero attached hydrogens (tertiary/aromatic N) is 2. The van der Waals surface area contributed by atoms with Crippen LogP contribution < -0.4 is 4.90 Å². The van der Waals surface area contributed by atoms with Gasteiger partial charge in [0, 0.05) is 24.0 Å². The highest BCUT2D eigenvalue weighted by molar-refractivity contribution is 5.45. The number of hydrogen-bond acceptors (Lipinski definition) is 2. The fourth-order valence-electron chi connectivity index (χ4n) is 1.34. The molecule has 90 valence electrons. The molecular formula is C10H12F4N2. The molecule has 6 heteroatoms. The first-order chi connectivity index (χ1) is 7.29. The second-order valence-electron chi connectivity index (χ2n) is 3.67. The summed E-state index contributed by atoms with van der Waals surface area (Å²) >= 11 is 0. The Labute approximate surface area is 90.9 Å². The molecule has 0 saturated carbocycles. The summed E-state index contributed by atoms with van der Waals surface area (Å²) < 4.78 is 49.7. The third kappa shape index (κ3) is 3.67. The van der Waals surface area contributed by atoms with E-state index in [1.807, 2.05) is 0 Å². The van der Waals surface area contributed by atoms with E-state index in [0.717, 1.165) is 17.2 Å². The molecule has 0 saturated heterocycles. The topological polar surface area (TPSA) is 16.1 Å². The number of rotatable bonds is 3. The van der Waals surface area contributed by atoms with Crippen molar-refractivity contribution in [1.29, 1.82) is 0 Å². The lowest BCUT2D eigenvalue weighted by molar-refractivity contribution is -0.120. The molecule has 1 aromatic rings. The van der Waals surface area contributed by atoms with Gasteiger partial charge in [-0.3, -0.25) is 0 Å². The molecule has 1 aromatic heterocycles.